The Hall–Kier alpha value is -4.35. The van der Waals surface area contributed by atoms with Crippen LogP contribution in [0.1, 0.15) is 20.7 Å². The third kappa shape index (κ3) is 6.50. The number of anilines is 2. The molecule has 0 saturated heterocycles. The van der Waals surface area contributed by atoms with Crippen LogP contribution in [0.15, 0.2) is 77.0 Å². The second-order valence-electron chi connectivity index (χ2n) is 7.78. The second-order valence-corrected chi connectivity index (χ2v) is 9.68. The number of methoxy groups -OCH3 is 2. The van der Waals surface area contributed by atoms with E-state index in [0.29, 0.717) is 28.0 Å². The zero-order valence-corrected chi connectivity index (χ0v) is 22.0. The van der Waals surface area contributed by atoms with Gasteiger partial charge in [-0.3, -0.25) is 9.59 Å². The lowest BCUT2D eigenvalue weighted by Gasteiger charge is -2.09. The Labute approximate surface area is 226 Å². The number of hydrogen-bond acceptors (Lipinski definition) is 8. The van der Waals surface area contributed by atoms with Gasteiger partial charge in [0.25, 0.3) is 5.91 Å². The fourth-order valence-electron chi connectivity index (χ4n) is 3.49. The van der Waals surface area contributed by atoms with Crippen LogP contribution >= 0.6 is 23.1 Å². The normalized spacial score (nSPS) is 10.5. The minimum atomic E-state index is -1.18. The van der Waals surface area contributed by atoms with Crippen molar-refractivity contribution >= 4 is 51.7 Å². The summed E-state index contributed by atoms with van der Waals surface area (Å²) < 4.78 is 10.6. The van der Waals surface area contributed by atoms with Crippen molar-refractivity contribution in [3.63, 3.8) is 0 Å². The van der Waals surface area contributed by atoms with Crippen LogP contribution in [0.2, 0.25) is 0 Å². The van der Waals surface area contributed by atoms with E-state index in [4.69, 9.17) is 9.47 Å². The first-order valence-electron chi connectivity index (χ1n) is 11.2. The summed E-state index contributed by atoms with van der Waals surface area (Å²) in [6, 6.07) is 18.4. The molecule has 4 rings (SSSR count). The van der Waals surface area contributed by atoms with E-state index in [1.807, 2.05) is 23.6 Å². The zero-order chi connectivity index (χ0) is 27.1. The van der Waals surface area contributed by atoms with Crippen LogP contribution in [0.4, 0.5) is 10.8 Å². The van der Waals surface area contributed by atoms with E-state index in [1.165, 1.54) is 35.2 Å². The molecule has 0 radical (unpaired) electrons. The molecule has 0 bridgehead atoms. The van der Waals surface area contributed by atoms with Crippen LogP contribution in [0.5, 0.6) is 11.5 Å². The molecule has 0 spiro atoms. The Morgan fingerprint density at radius 3 is 2.42 bits per heavy atom. The van der Waals surface area contributed by atoms with Gasteiger partial charge < -0.3 is 25.2 Å². The highest BCUT2D eigenvalue weighted by Crippen LogP contribution is 2.33. The predicted octanol–water partition coefficient (Wildman–Crippen LogP) is 5.51. The topological polar surface area (TPSA) is 127 Å². The molecule has 11 heteroatoms. The highest BCUT2D eigenvalue weighted by Gasteiger charge is 2.16. The predicted molar refractivity (Wildman–Crippen MR) is 148 cm³/mol. The lowest BCUT2D eigenvalue weighted by Crippen LogP contribution is -2.16. The van der Waals surface area contributed by atoms with Crippen molar-refractivity contribution in [3.8, 4) is 22.8 Å². The van der Waals surface area contributed by atoms with Gasteiger partial charge in [-0.1, -0.05) is 18.2 Å². The number of carbonyl (C=O) groups is 3. The molecule has 3 aromatic carbocycles. The fourth-order valence-corrected chi connectivity index (χ4v) is 4.98. The molecule has 2 amide bonds. The molecule has 1 aromatic heterocycles. The molecule has 9 nitrogen and oxygen atoms in total. The molecule has 0 unspecified atom stereocenters. The molecule has 0 aliphatic heterocycles. The lowest BCUT2D eigenvalue weighted by molar-refractivity contribution is -0.113. The Balaban J connectivity index is 1.35. The van der Waals surface area contributed by atoms with Gasteiger partial charge in [0.1, 0.15) is 0 Å². The molecule has 0 atom stereocenters. The molecule has 1 heterocycles. The van der Waals surface area contributed by atoms with Gasteiger partial charge in [0, 0.05) is 21.5 Å². The van der Waals surface area contributed by atoms with Crippen molar-refractivity contribution < 1.29 is 29.0 Å². The standard InChI is InChI=1S/C27H23N3O6S2/c1-35-22-11-10-16(12-23(22)36-2)21-14-38-27(29-21)30-24(31)15-37-18-7-5-6-17(13-18)28-25(32)19-8-3-4-9-20(19)26(33)34/h3-14H,15H2,1-2H3,(H,28,32)(H,33,34)(H,29,30,31). The van der Waals surface area contributed by atoms with Crippen LogP contribution in [0.25, 0.3) is 11.3 Å². The number of aromatic carboxylic acids is 1. The number of carbonyl (C=O) groups excluding carboxylic acids is 2. The second kappa shape index (κ2) is 12.3. The van der Waals surface area contributed by atoms with Crippen molar-refractivity contribution in [2.24, 2.45) is 0 Å². The maximum Gasteiger partial charge on any atom is 0.336 e. The van der Waals surface area contributed by atoms with Crippen LogP contribution in [0.3, 0.4) is 0 Å². The first kappa shape index (κ1) is 26.7. The Kier molecular flexibility index (Phi) is 8.62. The van der Waals surface area contributed by atoms with Gasteiger partial charge >= 0.3 is 5.97 Å². The van der Waals surface area contributed by atoms with Gasteiger partial charge in [-0.15, -0.1) is 23.1 Å². The van der Waals surface area contributed by atoms with E-state index < -0.39 is 11.9 Å². The van der Waals surface area contributed by atoms with E-state index >= 15 is 0 Å². The molecule has 0 aliphatic rings. The van der Waals surface area contributed by atoms with Crippen molar-refractivity contribution in [1.29, 1.82) is 0 Å². The number of nitrogens with zero attached hydrogens (tertiary/aromatic N) is 1. The first-order valence-corrected chi connectivity index (χ1v) is 13.1. The number of benzene rings is 3. The van der Waals surface area contributed by atoms with Gasteiger partial charge in [0.05, 0.1) is 36.8 Å². The first-order chi connectivity index (χ1) is 18.4. The van der Waals surface area contributed by atoms with Gasteiger partial charge in [-0.2, -0.15) is 0 Å². The van der Waals surface area contributed by atoms with Gasteiger partial charge in [0.2, 0.25) is 5.91 Å². The molecular weight excluding hydrogens is 526 g/mol. The van der Waals surface area contributed by atoms with Crippen molar-refractivity contribution in [3.05, 3.63) is 83.2 Å². The maximum atomic E-state index is 12.6. The Morgan fingerprint density at radius 1 is 0.921 bits per heavy atom. The van der Waals surface area contributed by atoms with Crippen LogP contribution in [0, 0.1) is 0 Å². The molecule has 0 saturated carbocycles. The minimum Gasteiger partial charge on any atom is -0.493 e. The van der Waals surface area contributed by atoms with E-state index in [1.54, 1.807) is 50.6 Å². The summed E-state index contributed by atoms with van der Waals surface area (Å²) >= 11 is 2.61. The molecule has 0 fully saturated rings. The van der Waals surface area contributed by atoms with E-state index in [-0.39, 0.29) is 22.8 Å². The van der Waals surface area contributed by atoms with Crippen LogP contribution < -0.4 is 20.1 Å². The highest BCUT2D eigenvalue weighted by molar-refractivity contribution is 8.00. The van der Waals surface area contributed by atoms with E-state index in [2.05, 4.69) is 15.6 Å². The fraction of sp³-hybridized carbons (Fsp3) is 0.111. The summed E-state index contributed by atoms with van der Waals surface area (Å²) in [4.78, 5) is 41.8. The SMILES string of the molecule is COc1ccc(-c2csc(NC(=O)CSc3cccc(NC(=O)c4ccccc4C(=O)O)c3)n2)cc1OC. The minimum absolute atomic E-state index is 0.0633. The lowest BCUT2D eigenvalue weighted by atomic mass is 10.1. The summed E-state index contributed by atoms with van der Waals surface area (Å²) in [6.45, 7) is 0. The summed E-state index contributed by atoms with van der Waals surface area (Å²) in [5.41, 5.74) is 2.00. The number of hydrogen-bond donors (Lipinski definition) is 3. The monoisotopic (exact) mass is 549 g/mol. The van der Waals surface area contributed by atoms with Gasteiger partial charge in [-0.25, -0.2) is 9.78 Å². The highest BCUT2D eigenvalue weighted by atomic mass is 32.2. The zero-order valence-electron chi connectivity index (χ0n) is 20.4. The average molecular weight is 550 g/mol. The van der Waals surface area contributed by atoms with Crippen LogP contribution in [-0.2, 0) is 4.79 Å². The summed E-state index contributed by atoms with van der Waals surface area (Å²) in [5, 5.41) is 17.2. The summed E-state index contributed by atoms with van der Waals surface area (Å²) in [6.07, 6.45) is 0. The van der Waals surface area contributed by atoms with Crippen molar-refractivity contribution in [2.75, 3.05) is 30.6 Å². The Morgan fingerprint density at radius 2 is 1.68 bits per heavy atom. The molecular formula is C27H23N3O6S2. The number of aromatic nitrogens is 1. The molecule has 194 valence electrons. The summed E-state index contributed by atoms with van der Waals surface area (Å²) in [5.74, 6) is -0.604. The van der Waals surface area contributed by atoms with E-state index in [9.17, 15) is 19.5 Å². The number of thiazole rings is 1. The smallest absolute Gasteiger partial charge is 0.336 e. The quantitative estimate of drug-likeness (QED) is 0.221. The molecule has 0 aliphatic carbocycles. The van der Waals surface area contributed by atoms with E-state index in [0.717, 1.165) is 10.5 Å². The van der Waals surface area contributed by atoms with Gasteiger partial charge in [0.15, 0.2) is 16.6 Å². The number of carboxylic acids is 1. The largest absolute Gasteiger partial charge is 0.493 e. The van der Waals surface area contributed by atoms with Crippen molar-refractivity contribution in [2.45, 2.75) is 4.90 Å². The average Bonchev–Trinajstić information content (AvgIpc) is 3.40. The number of nitrogens with one attached hydrogen (secondary N) is 2. The molecule has 38 heavy (non-hydrogen) atoms. The third-order valence-corrected chi connectivity index (χ3v) is 7.05. The Bertz CT molecular complexity index is 1490. The molecule has 4 aromatic rings. The van der Waals surface area contributed by atoms with Crippen LogP contribution in [-0.4, -0.2) is 47.8 Å². The summed E-state index contributed by atoms with van der Waals surface area (Å²) in [7, 11) is 3.13. The van der Waals surface area contributed by atoms with Crippen molar-refractivity contribution in [1.82, 2.24) is 4.98 Å². The number of carboxylic acid groups (broad SMARTS) is 1. The number of amides is 2. The number of thioether (sulfide) groups is 1. The van der Waals surface area contributed by atoms with Gasteiger partial charge in [-0.05, 0) is 48.5 Å². The number of rotatable bonds is 10. The third-order valence-electron chi connectivity index (χ3n) is 5.29. The number of ether oxygens (including phenoxy) is 2. The maximum absolute atomic E-state index is 12.6. The molecule has 3 N–H and O–H groups in total.